The van der Waals surface area contributed by atoms with E-state index >= 15 is 0 Å². The third-order valence-corrected chi connectivity index (χ3v) is 7.01. The Labute approximate surface area is 264 Å². The van der Waals surface area contributed by atoms with Gasteiger partial charge in [0, 0.05) is 0 Å². The summed E-state index contributed by atoms with van der Waals surface area (Å²) in [6, 6.07) is 32.3. The Bertz CT molecular complexity index is 1840. The van der Waals surface area contributed by atoms with Gasteiger partial charge < -0.3 is 14.2 Å². The van der Waals surface area contributed by atoms with Crippen molar-refractivity contribution in [2.75, 3.05) is 0 Å². The summed E-state index contributed by atoms with van der Waals surface area (Å²) in [5.41, 5.74) is 14.0. The van der Waals surface area contributed by atoms with Gasteiger partial charge >= 0.3 is 0 Å². The molecular weight excluding hydrogens is 552 g/mol. The predicted molar refractivity (Wildman–Crippen MR) is 178 cm³/mol. The first kappa shape index (κ1) is 29.2. The SMILES string of the molecule is C1=CC=CC=1C#Cc1ccccc1OCc1ccc(COCc2ccc(COc3ccccc3C#CC3=C=CC=C3)cc2)cc1. The zero-order valence-corrected chi connectivity index (χ0v) is 24.8. The van der Waals surface area contributed by atoms with Gasteiger partial charge in [-0.15, -0.1) is 11.5 Å². The molecule has 0 spiro atoms. The molecule has 0 heterocycles. The van der Waals surface area contributed by atoms with Gasteiger partial charge in [-0.2, -0.15) is 0 Å². The van der Waals surface area contributed by atoms with Gasteiger partial charge in [-0.3, -0.25) is 0 Å². The topological polar surface area (TPSA) is 27.7 Å². The fourth-order valence-corrected chi connectivity index (χ4v) is 4.55. The van der Waals surface area contributed by atoms with Crippen LogP contribution in [-0.2, 0) is 31.2 Å². The first-order chi connectivity index (χ1) is 22.3. The molecule has 0 radical (unpaired) electrons. The standard InChI is InChI=1S/C42H30O3/c1-2-10-33(9-1)25-27-39-13-5-7-15-41(39)44-31-37-21-17-35(18-22-37)29-43-30-36-19-23-38(24-20-36)32-45-42-16-8-6-14-40(42)28-26-34-11-3-4-12-34/h1-9,11,13-24H,29-32H2. The first-order valence-electron chi connectivity index (χ1n) is 14.8. The lowest BCUT2D eigenvalue weighted by atomic mass is 10.1. The van der Waals surface area contributed by atoms with Crippen molar-refractivity contribution in [3.63, 3.8) is 0 Å². The number of rotatable bonds is 10. The van der Waals surface area contributed by atoms with E-state index in [4.69, 9.17) is 14.2 Å². The van der Waals surface area contributed by atoms with Crippen LogP contribution >= 0.6 is 0 Å². The van der Waals surface area contributed by atoms with Crippen LogP contribution in [0.25, 0.3) is 0 Å². The fraction of sp³-hybridized carbons (Fsp3) is 0.0952. The smallest absolute Gasteiger partial charge is 0.135 e. The van der Waals surface area contributed by atoms with Crippen LogP contribution in [0.3, 0.4) is 0 Å². The highest BCUT2D eigenvalue weighted by Crippen LogP contribution is 2.21. The molecule has 2 aliphatic carbocycles. The Kier molecular flexibility index (Phi) is 9.72. The largest absolute Gasteiger partial charge is 0.488 e. The first-order valence-corrected chi connectivity index (χ1v) is 14.8. The van der Waals surface area contributed by atoms with Crippen molar-refractivity contribution in [1.29, 1.82) is 0 Å². The highest BCUT2D eigenvalue weighted by Gasteiger charge is 2.04. The van der Waals surface area contributed by atoms with Crippen LogP contribution in [-0.4, -0.2) is 0 Å². The molecule has 216 valence electrons. The van der Waals surface area contributed by atoms with Crippen LogP contribution in [0.1, 0.15) is 33.4 Å². The van der Waals surface area contributed by atoms with E-state index in [0.717, 1.165) is 56.0 Å². The van der Waals surface area contributed by atoms with E-state index in [0.29, 0.717) is 26.4 Å². The number of para-hydroxylation sites is 2. The van der Waals surface area contributed by atoms with Crippen LogP contribution in [0.5, 0.6) is 11.5 Å². The summed E-state index contributed by atoms with van der Waals surface area (Å²) in [4.78, 5) is 0. The normalized spacial score (nSPS) is 12.2. The minimum absolute atomic E-state index is 0.463. The van der Waals surface area contributed by atoms with Crippen LogP contribution in [0, 0.1) is 23.7 Å². The third-order valence-electron chi connectivity index (χ3n) is 7.01. The number of benzene rings is 4. The minimum atomic E-state index is 0.463. The number of hydrogen-bond acceptors (Lipinski definition) is 3. The number of allylic oxidation sites excluding steroid dienone is 6. The molecule has 0 fully saturated rings. The lowest BCUT2D eigenvalue weighted by Crippen LogP contribution is -1.99. The highest BCUT2D eigenvalue weighted by molar-refractivity contribution is 5.53. The molecule has 0 saturated heterocycles. The van der Waals surface area contributed by atoms with Gasteiger partial charge in [0.1, 0.15) is 24.7 Å². The molecule has 3 nitrogen and oxygen atoms in total. The summed E-state index contributed by atoms with van der Waals surface area (Å²) in [6.07, 6.45) is 11.5. The monoisotopic (exact) mass is 582 g/mol. The molecule has 0 amide bonds. The van der Waals surface area contributed by atoms with E-state index < -0.39 is 0 Å². The highest BCUT2D eigenvalue weighted by atomic mass is 16.5. The average Bonchev–Trinajstić information content (AvgIpc) is 3.82. The summed E-state index contributed by atoms with van der Waals surface area (Å²) < 4.78 is 18.2. The zero-order chi connectivity index (χ0) is 30.5. The Hall–Kier alpha value is -5.92. The molecule has 2 aliphatic rings. The Morgan fingerprint density at radius 2 is 0.844 bits per heavy atom. The van der Waals surface area contributed by atoms with Gasteiger partial charge in [0.05, 0.1) is 35.5 Å². The van der Waals surface area contributed by atoms with Crippen molar-refractivity contribution in [1.82, 2.24) is 0 Å². The Morgan fingerprint density at radius 1 is 0.444 bits per heavy atom. The van der Waals surface area contributed by atoms with Crippen molar-refractivity contribution in [2.24, 2.45) is 0 Å². The van der Waals surface area contributed by atoms with E-state index in [2.05, 4.69) is 83.7 Å². The molecule has 3 heteroatoms. The van der Waals surface area contributed by atoms with Gasteiger partial charge in [0.25, 0.3) is 0 Å². The maximum absolute atomic E-state index is 6.09. The molecular formula is C42H30O3. The summed E-state index contributed by atoms with van der Waals surface area (Å²) >= 11 is 0. The number of ether oxygens (including phenoxy) is 3. The molecule has 0 saturated carbocycles. The van der Waals surface area contributed by atoms with E-state index in [1.165, 1.54) is 0 Å². The maximum atomic E-state index is 6.09. The quantitative estimate of drug-likeness (QED) is 0.139. The van der Waals surface area contributed by atoms with Crippen molar-refractivity contribution in [3.8, 4) is 35.2 Å². The van der Waals surface area contributed by atoms with Gasteiger partial charge in [-0.05, 0) is 70.8 Å². The molecule has 0 aliphatic heterocycles. The predicted octanol–water partition coefficient (Wildman–Crippen LogP) is 8.57. The van der Waals surface area contributed by atoms with Gasteiger partial charge in [0.15, 0.2) is 0 Å². The summed E-state index contributed by atoms with van der Waals surface area (Å²) in [7, 11) is 0. The van der Waals surface area contributed by atoms with E-state index in [9.17, 15) is 0 Å². The second-order valence-corrected chi connectivity index (χ2v) is 10.4. The van der Waals surface area contributed by atoms with Crippen LogP contribution < -0.4 is 9.47 Å². The van der Waals surface area contributed by atoms with Crippen molar-refractivity contribution >= 4 is 0 Å². The van der Waals surface area contributed by atoms with Crippen molar-refractivity contribution < 1.29 is 14.2 Å². The van der Waals surface area contributed by atoms with E-state index in [1.54, 1.807) is 0 Å². The maximum Gasteiger partial charge on any atom is 0.135 e. The Morgan fingerprint density at radius 3 is 1.24 bits per heavy atom. The number of hydrogen-bond donors (Lipinski definition) is 0. The molecule has 0 aromatic heterocycles. The zero-order valence-electron chi connectivity index (χ0n) is 24.8. The van der Waals surface area contributed by atoms with Crippen LogP contribution in [0.2, 0.25) is 0 Å². The molecule has 45 heavy (non-hydrogen) atoms. The van der Waals surface area contributed by atoms with Crippen molar-refractivity contribution in [2.45, 2.75) is 26.4 Å². The van der Waals surface area contributed by atoms with E-state index in [1.807, 2.05) is 85.0 Å². The fourth-order valence-electron chi connectivity index (χ4n) is 4.55. The summed E-state index contributed by atoms with van der Waals surface area (Å²) in [5, 5.41) is 0. The summed E-state index contributed by atoms with van der Waals surface area (Å²) in [6.45, 7) is 1.99. The molecule has 0 atom stereocenters. The van der Waals surface area contributed by atoms with Gasteiger partial charge in [-0.1, -0.05) is 109 Å². The lowest BCUT2D eigenvalue weighted by molar-refractivity contribution is 0.107. The summed E-state index contributed by atoms with van der Waals surface area (Å²) in [5.74, 6) is 14.2. The average molecular weight is 583 g/mol. The van der Waals surface area contributed by atoms with Gasteiger partial charge in [-0.25, -0.2) is 0 Å². The molecule has 0 unspecified atom stereocenters. The lowest BCUT2D eigenvalue weighted by Gasteiger charge is -2.10. The molecule has 4 aromatic carbocycles. The van der Waals surface area contributed by atoms with Crippen molar-refractivity contribution in [3.05, 3.63) is 190 Å². The minimum Gasteiger partial charge on any atom is -0.488 e. The van der Waals surface area contributed by atoms with Crippen LogP contribution in [0.15, 0.2) is 156 Å². The van der Waals surface area contributed by atoms with Crippen LogP contribution in [0.4, 0.5) is 0 Å². The second-order valence-electron chi connectivity index (χ2n) is 10.4. The third kappa shape index (κ3) is 8.56. The Balaban J connectivity index is 0.949. The molecule has 0 N–H and O–H groups in total. The molecule has 4 aromatic rings. The van der Waals surface area contributed by atoms with E-state index in [-0.39, 0.29) is 0 Å². The van der Waals surface area contributed by atoms with Gasteiger partial charge in [0.2, 0.25) is 0 Å². The molecule has 6 rings (SSSR count). The molecule has 0 bridgehead atoms. The second kappa shape index (κ2) is 15.0.